The van der Waals surface area contributed by atoms with E-state index in [0.717, 1.165) is 52.6 Å². The molecule has 0 spiro atoms. The van der Waals surface area contributed by atoms with Gasteiger partial charge in [-0.25, -0.2) is 9.78 Å². The van der Waals surface area contributed by atoms with Crippen LogP contribution in [0.5, 0.6) is 0 Å². The summed E-state index contributed by atoms with van der Waals surface area (Å²) < 4.78 is 0. The molecule has 0 fully saturated rings. The topological polar surface area (TPSA) is 50.2 Å². The van der Waals surface area contributed by atoms with Crippen molar-refractivity contribution in [3.05, 3.63) is 76.5 Å². The van der Waals surface area contributed by atoms with Gasteiger partial charge in [-0.05, 0) is 64.5 Å². The Morgan fingerprint density at radius 1 is 1.12 bits per heavy atom. The Morgan fingerprint density at radius 3 is 2.44 bits per heavy atom. The van der Waals surface area contributed by atoms with Crippen LogP contribution in [0.2, 0.25) is 0 Å². The van der Waals surface area contributed by atoms with E-state index in [-0.39, 0.29) is 5.41 Å². The summed E-state index contributed by atoms with van der Waals surface area (Å²) in [6.07, 6.45) is 4.92. The summed E-state index contributed by atoms with van der Waals surface area (Å²) in [7, 11) is 0. The minimum atomic E-state index is -0.865. The van der Waals surface area contributed by atoms with Gasteiger partial charge in [-0.15, -0.1) is 0 Å². The fourth-order valence-electron chi connectivity index (χ4n) is 4.79. The predicted molar refractivity (Wildman–Crippen MR) is 133 cm³/mol. The Hall–Kier alpha value is -2.94. The highest BCUT2D eigenvalue weighted by Gasteiger charge is 2.36. The number of rotatable bonds is 5. The van der Waals surface area contributed by atoms with Crippen molar-refractivity contribution in [1.29, 1.82) is 0 Å². The first-order valence-electron chi connectivity index (χ1n) is 11.7. The first kappa shape index (κ1) is 22.3. The number of allylic oxidation sites excluding steroid dienone is 1. The summed E-state index contributed by atoms with van der Waals surface area (Å²) in [5.74, 6) is -0.00862. The number of nitrogens with zero attached hydrogens (tertiary/aromatic N) is 1. The Kier molecular flexibility index (Phi) is 5.94. The van der Waals surface area contributed by atoms with Gasteiger partial charge in [0.05, 0.1) is 16.8 Å². The van der Waals surface area contributed by atoms with E-state index in [2.05, 4.69) is 65.0 Å². The Bertz CT molecular complexity index is 1190. The Balaban J connectivity index is 1.93. The number of para-hydroxylation sites is 1. The average molecular weight is 428 g/mol. The predicted octanol–water partition coefficient (Wildman–Crippen LogP) is 7.60. The highest BCUT2D eigenvalue weighted by molar-refractivity contribution is 6.06. The van der Waals surface area contributed by atoms with E-state index < -0.39 is 5.97 Å². The van der Waals surface area contributed by atoms with Gasteiger partial charge in [-0.3, -0.25) is 0 Å². The number of hydrogen-bond acceptors (Lipinski definition) is 2. The lowest BCUT2D eigenvalue weighted by molar-refractivity contribution is 0.0696. The van der Waals surface area contributed by atoms with Crippen LogP contribution in [0, 0.1) is 11.3 Å². The number of carbonyl (C=O) groups is 1. The van der Waals surface area contributed by atoms with Crippen LogP contribution in [0.15, 0.2) is 48.5 Å². The second-order valence-corrected chi connectivity index (χ2v) is 10.1. The molecule has 1 N–H and O–H groups in total. The molecular weight excluding hydrogens is 394 g/mol. The van der Waals surface area contributed by atoms with Crippen LogP contribution in [0.25, 0.3) is 22.6 Å². The SMILES string of the molecule is CCC(C)(C)C1CC(=Cc2ccc(C(C)C)cc2)c2nc3ccccc3c(C(=O)O)c2C1. The molecule has 0 bridgehead atoms. The van der Waals surface area contributed by atoms with Crippen LogP contribution in [0.3, 0.4) is 0 Å². The highest BCUT2D eigenvalue weighted by atomic mass is 16.4. The molecule has 0 saturated heterocycles. The molecule has 0 amide bonds. The van der Waals surface area contributed by atoms with Gasteiger partial charge >= 0.3 is 5.97 Å². The fraction of sp³-hybridized carbons (Fsp3) is 0.379. The smallest absolute Gasteiger partial charge is 0.336 e. The lowest BCUT2D eigenvalue weighted by Crippen LogP contribution is -2.30. The molecule has 0 saturated carbocycles. The van der Waals surface area contributed by atoms with Crippen molar-refractivity contribution >= 4 is 28.5 Å². The third-order valence-electron chi connectivity index (χ3n) is 7.39. The molecule has 4 rings (SSSR count). The molecule has 3 heteroatoms. The first-order chi connectivity index (χ1) is 15.2. The standard InChI is InChI=1S/C29H33NO2/c1-6-29(4,5)22-16-21(15-19-11-13-20(14-12-19)18(2)3)27-24(17-22)26(28(31)32)23-9-7-8-10-25(23)30-27/h7-15,18,22H,6,16-17H2,1-5H3,(H,31,32). The van der Waals surface area contributed by atoms with Gasteiger partial charge in [-0.2, -0.15) is 0 Å². The lowest BCUT2D eigenvalue weighted by Gasteiger charge is -2.38. The molecule has 166 valence electrons. The van der Waals surface area contributed by atoms with Crippen molar-refractivity contribution in [3.63, 3.8) is 0 Å². The van der Waals surface area contributed by atoms with Gasteiger partial charge in [0, 0.05) is 5.39 Å². The highest BCUT2D eigenvalue weighted by Crippen LogP contribution is 2.46. The Morgan fingerprint density at radius 2 is 1.81 bits per heavy atom. The molecular formula is C29H33NO2. The summed E-state index contributed by atoms with van der Waals surface area (Å²) in [5, 5.41) is 10.9. The molecule has 1 heterocycles. The van der Waals surface area contributed by atoms with Crippen molar-refractivity contribution in [2.45, 2.75) is 59.8 Å². The molecule has 0 aliphatic heterocycles. The maximum atomic E-state index is 12.4. The lowest BCUT2D eigenvalue weighted by atomic mass is 9.67. The van der Waals surface area contributed by atoms with Crippen LogP contribution >= 0.6 is 0 Å². The number of benzene rings is 2. The molecule has 32 heavy (non-hydrogen) atoms. The van der Waals surface area contributed by atoms with Crippen molar-refractivity contribution in [2.24, 2.45) is 11.3 Å². The molecule has 1 unspecified atom stereocenters. The number of pyridine rings is 1. The molecule has 3 aromatic rings. The van der Waals surface area contributed by atoms with Crippen molar-refractivity contribution in [3.8, 4) is 0 Å². The fourth-order valence-corrected chi connectivity index (χ4v) is 4.79. The van der Waals surface area contributed by atoms with Crippen LogP contribution in [0.4, 0.5) is 0 Å². The summed E-state index contributed by atoms with van der Waals surface area (Å²) in [6.45, 7) is 11.2. The zero-order valence-corrected chi connectivity index (χ0v) is 19.8. The molecule has 3 nitrogen and oxygen atoms in total. The molecule has 2 aromatic carbocycles. The maximum absolute atomic E-state index is 12.4. The average Bonchev–Trinajstić information content (AvgIpc) is 2.77. The second-order valence-electron chi connectivity index (χ2n) is 10.1. The summed E-state index contributed by atoms with van der Waals surface area (Å²) >= 11 is 0. The zero-order valence-electron chi connectivity index (χ0n) is 19.8. The van der Waals surface area contributed by atoms with Gasteiger partial charge in [0.25, 0.3) is 0 Å². The van der Waals surface area contributed by atoms with E-state index in [0.29, 0.717) is 17.4 Å². The normalized spacial score (nSPS) is 17.7. The second kappa shape index (κ2) is 8.54. The number of carboxylic acids is 1. The number of aromatic carboxylic acids is 1. The van der Waals surface area contributed by atoms with Gasteiger partial charge in [0.1, 0.15) is 0 Å². The molecule has 1 aliphatic rings. The molecule has 1 aliphatic carbocycles. The maximum Gasteiger partial charge on any atom is 0.336 e. The van der Waals surface area contributed by atoms with Gasteiger partial charge < -0.3 is 5.11 Å². The van der Waals surface area contributed by atoms with E-state index in [4.69, 9.17) is 4.98 Å². The third kappa shape index (κ3) is 4.09. The number of carboxylic acid groups (broad SMARTS) is 1. The first-order valence-corrected chi connectivity index (χ1v) is 11.7. The van der Waals surface area contributed by atoms with E-state index in [1.807, 2.05) is 24.3 Å². The van der Waals surface area contributed by atoms with Crippen LogP contribution < -0.4 is 0 Å². The summed E-state index contributed by atoms with van der Waals surface area (Å²) in [5.41, 5.74) is 6.62. The van der Waals surface area contributed by atoms with Crippen LogP contribution in [-0.4, -0.2) is 16.1 Å². The molecule has 0 radical (unpaired) electrons. The monoisotopic (exact) mass is 427 g/mol. The van der Waals surface area contributed by atoms with Crippen molar-refractivity contribution in [2.75, 3.05) is 0 Å². The number of fused-ring (bicyclic) bond motifs is 2. The van der Waals surface area contributed by atoms with Crippen molar-refractivity contribution < 1.29 is 9.90 Å². The van der Waals surface area contributed by atoms with E-state index in [1.54, 1.807) is 0 Å². The third-order valence-corrected chi connectivity index (χ3v) is 7.39. The Labute approximate surface area is 191 Å². The van der Waals surface area contributed by atoms with Crippen LogP contribution in [0.1, 0.15) is 86.1 Å². The minimum absolute atomic E-state index is 0.111. The van der Waals surface area contributed by atoms with E-state index >= 15 is 0 Å². The van der Waals surface area contributed by atoms with Gasteiger partial charge in [0.15, 0.2) is 0 Å². The zero-order chi connectivity index (χ0) is 23.0. The van der Waals surface area contributed by atoms with Gasteiger partial charge in [0.2, 0.25) is 0 Å². The molecule has 1 aromatic heterocycles. The van der Waals surface area contributed by atoms with Gasteiger partial charge in [-0.1, -0.05) is 83.5 Å². The summed E-state index contributed by atoms with van der Waals surface area (Å²) in [4.78, 5) is 17.4. The van der Waals surface area contributed by atoms with E-state index in [1.165, 1.54) is 5.56 Å². The minimum Gasteiger partial charge on any atom is -0.478 e. The quantitative estimate of drug-likeness (QED) is 0.456. The van der Waals surface area contributed by atoms with Crippen LogP contribution in [-0.2, 0) is 6.42 Å². The summed E-state index contributed by atoms with van der Waals surface area (Å²) in [6, 6.07) is 16.3. The molecule has 1 atom stereocenters. The number of aromatic nitrogens is 1. The van der Waals surface area contributed by atoms with E-state index in [9.17, 15) is 9.90 Å². The number of hydrogen-bond donors (Lipinski definition) is 1. The van der Waals surface area contributed by atoms with Crippen molar-refractivity contribution in [1.82, 2.24) is 4.98 Å². The largest absolute Gasteiger partial charge is 0.478 e.